The van der Waals surface area contributed by atoms with Crippen molar-refractivity contribution in [3.05, 3.63) is 16.1 Å². The van der Waals surface area contributed by atoms with Gasteiger partial charge in [-0.1, -0.05) is 5.92 Å². The van der Waals surface area contributed by atoms with E-state index in [1.165, 1.54) is 37.3 Å². The molecule has 0 amide bonds. The minimum Gasteiger partial charge on any atom is -0.372 e. The van der Waals surface area contributed by atoms with Gasteiger partial charge in [-0.25, -0.2) is 4.98 Å². The molecule has 142 valence electrons. The van der Waals surface area contributed by atoms with Crippen LogP contribution in [0.2, 0.25) is 0 Å². The van der Waals surface area contributed by atoms with Crippen molar-refractivity contribution >= 4 is 17.6 Å². The quantitative estimate of drug-likeness (QED) is 0.557. The van der Waals surface area contributed by atoms with Gasteiger partial charge in [0, 0.05) is 31.6 Å². The summed E-state index contributed by atoms with van der Waals surface area (Å²) >= 11 is 1.38. The summed E-state index contributed by atoms with van der Waals surface area (Å²) in [5, 5.41) is 2.39. The van der Waals surface area contributed by atoms with Crippen LogP contribution in [-0.4, -0.2) is 73.6 Å². The third kappa shape index (κ3) is 7.68. The molecule has 5 nitrogen and oxygen atoms in total. The molecule has 0 atom stereocenters. The number of likely N-dealkylation sites (tertiary alicyclic amines) is 1. The van der Waals surface area contributed by atoms with E-state index in [0.29, 0.717) is 10.7 Å². The van der Waals surface area contributed by atoms with Gasteiger partial charge in [0.15, 0.2) is 11.3 Å². The van der Waals surface area contributed by atoms with Crippen molar-refractivity contribution in [1.29, 1.82) is 0 Å². The second-order valence-electron chi connectivity index (χ2n) is 6.43. The maximum Gasteiger partial charge on any atom is 0.169 e. The Morgan fingerprint density at radius 2 is 1.92 bits per heavy atom. The second kappa shape index (κ2) is 11.8. The standard InChI is InChI=1S/C10H20N2O.C7H5NOS.C3H4/c1-11-5-3-10(4-6-11)9-12(2)7-8-13-10;1-2-3-7-8-6(4-9)5-10-7;1-3-2/h3-9H2,1-2H3;4-5H,1H3;1H,2H3. The lowest BCUT2D eigenvalue weighted by molar-refractivity contribution is -0.128. The molecule has 1 aromatic heterocycles. The lowest BCUT2D eigenvalue weighted by Crippen LogP contribution is -2.55. The smallest absolute Gasteiger partial charge is 0.169 e. The Morgan fingerprint density at radius 1 is 1.27 bits per heavy atom. The van der Waals surface area contributed by atoms with E-state index in [0.717, 1.165) is 26.0 Å². The Labute approximate surface area is 161 Å². The van der Waals surface area contributed by atoms with E-state index in [1.807, 2.05) is 0 Å². The molecule has 2 fully saturated rings. The number of morpholine rings is 1. The minimum atomic E-state index is 0.194. The lowest BCUT2D eigenvalue weighted by atomic mass is 9.90. The molecule has 3 rings (SSSR count). The Balaban J connectivity index is 0.000000233. The number of hydrogen-bond donors (Lipinski definition) is 0. The van der Waals surface area contributed by atoms with Crippen LogP contribution in [0.15, 0.2) is 5.38 Å². The maximum atomic E-state index is 10.1. The molecule has 0 aliphatic carbocycles. The number of rotatable bonds is 1. The zero-order chi connectivity index (χ0) is 19.4. The van der Waals surface area contributed by atoms with E-state index in [4.69, 9.17) is 4.74 Å². The summed E-state index contributed by atoms with van der Waals surface area (Å²) < 4.78 is 5.96. The number of piperidine rings is 1. The molecule has 2 aliphatic heterocycles. The van der Waals surface area contributed by atoms with Gasteiger partial charge in [-0.05, 0) is 46.7 Å². The molecule has 2 saturated heterocycles. The van der Waals surface area contributed by atoms with Crippen LogP contribution in [0.3, 0.4) is 0 Å². The Kier molecular flexibility index (Phi) is 10.2. The van der Waals surface area contributed by atoms with Crippen LogP contribution in [0, 0.1) is 24.2 Å². The van der Waals surface area contributed by atoms with Crippen molar-refractivity contribution in [3.63, 3.8) is 0 Å². The second-order valence-corrected chi connectivity index (χ2v) is 7.29. The number of carbonyl (C=O) groups is 1. The van der Waals surface area contributed by atoms with Crippen LogP contribution < -0.4 is 0 Å². The van der Waals surface area contributed by atoms with Gasteiger partial charge in [-0.15, -0.1) is 23.7 Å². The molecular weight excluding hydrogens is 346 g/mol. The van der Waals surface area contributed by atoms with E-state index in [-0.39, 0.29) is 5.60 Å². The van der Waals surface area contributed by atoms with Gasteiger partial charge >= 0.3 is 0 Å². The van der Waals surface area contributed by atoms with Crippen molar-refractivity contribution in [2.75, 3.05) is 46.9 Å². The lowest BCUT2D eigenvalue weighted by Gasteiger charge is -2.45. The van der Waals surface area contributed by atoms with Crippen molar-refractivity contribution in [3.8, 4) is 24.2 Å². The number of thiazole rings is 1. The third-order valence-corrected chi connectivity index (χ3v) is 4.99. The molecule has 0 aromatic carbocycles. The fraction of sp³-hybridized carbons (Fsp3) is 0.600. The van der Waals surface area contributed by atoms with E-state index in [2.05, 4.69) is 53.1 Å². The highest BCUT2D eigenvalue weighted by Crippen LogP contribution is 2.28. The molecule has 3 heterocycles. The predicted molar refractivity (Wildman–Crippen MR) is 107 cm³/mol. The van der Waals surface area contributed by atoms with Gasteiger partial charge in [0.05, 0.1) is 12.2 Å². The average Bonchev–Trinajstić information content (AvgIpc) is 3.07. The topological polar surface area (TPSA) is 45.7 Å². The molecule has 1 aromatic rings. The first-order chi connectivity index (χ1) is 12.5. The van der Waals surface area contributed by atoms with Crippen LogP contribution in [0.1, 0.15) is 42.2 Å². The van der Waals surface area contributed by atoms with E-state index in [1.54, 1.807) is 19.2 Å². The first-order valence-electron chi connectivity index (χ1n) is 8.70. The van der Waals surface area contributed by atoms with E-state index < -0.39 is 0 Å². The highest BCUT2D eigenvalue weighted by atomic mass is 32.1. The maximum absolute atomic E-state index is 10.1. The molecule has 0 radical (unpaired) electrons. The number of aldehydes is 1. The van der Waals surface area contributed by atoms with Crippen molar-refractivity contribution in [2.24, 2.45) is 0 Å². The van der Waals surface area contributed by atoms with Gasteiger partial charge in [-0.3, -0.25) is 4.79 Å². The normalized spacial score (nSPS) is 18.9. The summed E-state index contributed by atoms with van der Waals surface area (Å²) in [7, 11) is 4.39. The number of terminal acetylenes is 1. The monoisotopic (exact) mass is 375 g/mol. The first kappa shape index (κ1) is 22.3. The average molecular weight is 376 g/mol. The summed E-state index contributed by atoms with van der Waals surface area (Å²) in [6, 6.07) is 0. The zero-order valence-corrected chi connectivity index (χ0v) is 17.1. The highest BCUT2D eigenvalue weighted by Gasteiger charge is 2.37. The summed E-state index contributed by atoms with van der Waals surface area (Å²) in [4.78, 5) is 18.8. The van der Waals surface area contributed by atoms with Gasteiger partial charge in [0.1, 0.15) is 5.69 Å². The molecule has 0 saturated carbocycles. The number of nitrogens with zero attached hydrogens (tertiary/aromatic N) is 3. The van der Waals surface area contributed by atoms with Crippen LogP contribution >= 0.6 is 11.3 Å². The fourth-order valence-corrected chi connectivity index (χ4v) is 3.53. The number of ether oxygens (including phenoxy) is 1. The summed E-state index contributed by atoms with van der Waals surface area (Å²) in [6.07, 6.45) is 7.72. The van der Waals surface area contributed by atoms with Gasteiger partial charge in [0.25, 0.3) is 0 Å². The molecule has 2 aliphatic rings. The van der Waals surface area contributed by atoms with Crippen molar-refractivity contribution in [1.82, 2.24) is 14.8 Å². The predicted octanol–water partition coefficient (Wildman–Crippen LogP) is 2.38. The SMILES string of the molecule is C#CC.CC#Cc1nc(C=O)cs1.CN1CCC2(CC1)CN(C)CCO2. The van der Waals surface area contributed by atoms with Gasteiger partial charge in [0.2, 0.25) is 0 Å². The zero-order valence-electron chi connectivity index (χ0n) is 16.2. The van der Waals surface area contributed by atoms with Crippen LogP contribution in [-0.2, 0) is 4.74 Å². The highest BCUT2D eigenvalue weighted by molar-refractivity contribution is 7.10. The summed E-state index contributed by atoms with van der Waals surface area (Å²) in [5.74, 6) is 7.71. The molecule has 6 heteroatoms. The number of likely N-dealkylation sites (N-methyl/N-ethyl adjacent to an activating group) is 1. The number of carbonyl (C=O) groups excluding carboxylic acids is 1. The summed E-state index contributed by atoms with van der Waals surface area (Å²) in [5.41, 5.74) is 0.655. The van der Waals surface area contributed by atoms with Crippen molar-refractivity contribution < 1.29 is 9.53 Å². The van der Waals surface area contributed by atoms with Crippen molar-refractivity contribution in [2.45, 2.75) is 32.3 Å². The third-order valence-electron chi connectivity index (χ3n) is 4.21. The number of hydrogen-bond acceptors (Lipinski definition) is 6. The van der Waals surface area contributed by atoms with Crippen LogP contribution in [0.25, 0.3) is 0 Å². The molecule has 26 heavy (non-hydrogen) atoms. The minimum absolute atomic E-state index is 0.194. The molecule has 0 unspecified atom stereocenters. The molecular formula is C20H29N3O2S. The molecule has 0 N–H and O–H groups in total. The first-order valence-corrected chi connectivity index (χ1v) is 9.58. The summed E-state index contributed by atoms with van der Waals surface area (Å²) in [6.45, 7) is 8.91. The van der Waals surface area contributed by atoms with E-state index >= 15 is 0 Å². The largest absolute Gasteiger partial charge is 0.372 e. The Hall–Kier alpha value is -1.70. The molecule has 1 spiro atoms. The van der Waals surface area contributed by atoms with Gasteiger partial charge < -0.3 is 14.5 Å². The van der Waals surface area contributed by atoms with Crippen LogP contribution in [0.4, 0.5) is 0 Å². The van der Waals surface area contributed by atoms with Crippen LogP contribution in [0.5, 0.6) is 0 Å². The Morgan fingerprint density at radius 3 is 2.42 bits per heavy atom. The Bertz CT molecular complexity index is 646. The van der Waals surface area contributed by atoms with E-state index in [9.17, 15) is 4.79 Å². The van der Waals surface area contributed by atoms with Gasteiger partial charge in [-0.2, -0.15) is 0 Å². The fourth-order valence-electron chi connectivity index (χ4n) is 2.87. The number of aromatic nitrogens is 1. The molecule has 0 bridgehead atoms.